The standard InChI is InChI=1S/C14H13BrN2O3S3/c1-20-7-6-17-11-5-4-10(15)9-12(11)22-14(17)16-23(18,19)13-3-2-8-21-13/h2-5,8-9H,6-7H2,1H3. The zero-order valence-corrected chi connectivity index (χ0v) is 16.1. The first-order valence-corrected chi connectivity index (χ1v) is 10.6. The molecule has 1 aromatic carbocycles. The number of methoxy groups -OCH3 is 1. The lowest BCUT2D eigenvalue weighted by Gasteiger charge is -2.04. The van der Waals surface area contributed by atoms with Gasteiger partial charge >= 0.3 is 0 Å². The first-order valence-electron chi connectivity index (χ1n) is 6.63. The molecule has 23 heavy (non-hydrogen) atoms. The molecule has 2 aromatic heterocycles. The fourth-order valence-corrected chi connectivity index (χ4v) is 5.85. The number of hydrogen-bond donors (Lipinski definition) is 0. The number of fused-ring (bicyclic) bond motifs is 1. The van der Waals surface area contributed by atoms with Crippen molar-refractivity contribution in [1.82, 2.24) is 4.57 Å². The van der Waals surface area contributed by atoms with Gasteiger partial charge in [0, 0.05) is 18.1 Å². The minimum atomic E-state index is -3.69. The minimum Gasteiger partial charge on any atom is -0.383 e. The molecule has 0 bridgehead atoms. The molecule has 2 heterocycles. The summed E-state index contributed by atoms with van der Waals surface area (Å²) in [7, 11) is -2.08. The highest BCUT2D eigenvalue weighted by Gasteiger charge is 2.15. The third-order valence-electron chi connectivity index (χ3n) is 3.11. The summed E-state index contributed by atoms with van der Waals surface area (Å²) in [6.07, 6.45) is 0. The molecule has 0 unspecified atom stereocenters. The van der Waals surface area contributed by atoms with E-state index >= 15 is 0 Å². The molecule has 3 rings (SSSR count). The molecule has 0 N–H and O–H groups in total. The van der Waals surface area contributed by atoms with Crippen LogP contribution >= 0.6 is 38.6 Å². The molecule has 0 spiro atoms. The lowest BCUT2D eigenvalue weighted by Crippen LogP contribution is -2.19. The molecule has 0 radical (unpaired) electrons. The van der Waals surface area contributed by atoms with E-state index in [4.69, 9.17) is 4.74 Å². The van der Waals surface area contributed by atoms with Crippen LogP contribution in [0.3, 0.4) is 0 Å². The molecule has 0 aliphatic carbocycles. The number of nitrogens with zero attached hydrogens (tertiary/aromatic N) is 2. The van der Waals surface area contributed by atoms with Crippen LogP contribution in [0.4, 0.5) is 0 Å². The van der Waals surface area contributed by atoms with Crippen molar-refractivity contribution in [2.24, 2.45) is 4.40 Å². The van der Waals surface area contributed by atoms with E-state index in [-0.39, 0.29) is 4.21 Å². The second kappa shape index (κ2) is 6.86. The lowest BCUT2D eigenvalue weighted by atomic mass is 10.3. The van der Waals surface area contributed by atoms with E-state index in [9.17, 15) is 8.42 Å². The van der Waals surface area contributed by atoms with Gasteiger partial charge in [0.05, 0.1) is 16.8 Å². The van der Waals surface area contributed by atoms with Crippen LogP contribution in [-0.2, 0) is 21.3 Å². The predicted octanol–water partition coefficient (Wildman–Crippen LogP) is 3.46. The van der Waals surface area contributed by atoms with Crippen molar-refractivity contribution in [3.05, 3.63) is 45.0 Å². The number of aromatic nitrogens is 1. The van der Waals surface area contributed by atoms with E-state index in [1.54, 1.807) is 24.6 Å². The van der Waals surface area contributed by atoms with Gasteiger partial charge in [0.1, 0.15) is 4.21 Å². The zero-order valence-electron chi connectivity index (χ0n) is 12.1. The SMILES string of the molecule is COCCn1c(=NS(=O)(=O)c2cccs2)sc2cc(Br)ccc21. The van der Waals surface area contributed by atoms with Crippen LogP contribution in [0.15, 0.2) is 48.8 Å². The van der Waals surface area contributed by atoms with Crippen LogP contribution in [0.1, 0.15) is 0 Å². The van der Waals surface area contributed by atoms with Gasteiger partial charge in [-0.2, -0.15) is 8.42 Å². The predicted molar refractivity (Wildman–Crippen MR) is 96.5 cm³/mol. The van der Waals surface area contributed by atoms with Gasteiger partial charge in [0.2, 0.25) is 4.80 Å². The summed E-state index contributed by atoms with van der Waals surface area (Å²) in [6.45, 7) is 1.02. The van der Waals surface area contributed by atoms with Gasteiger partial charge in [-0.15, -0.1) is 15.7 Å². The molecule has 0 atom stereocenters. The quantitative estimate of drug-likeness (QED) is 0.619. The van der Waals surface area contributed by atoms with E-state index in [1.165, 1.54) is 11.3 Å². The maximum atomic E-state index is 12.4. The Morgan fingerprint density at radius 3 is 2.87 bits per heavy atom. The van der Waals surface area contributed by atoms with Crippen molar-refractivity contribution >= 4 is 58.8 Å². The smallest absolute Gasteiger partial charge is 0.294 e. The van der Waals surface area contributed by atoms with Crippen molar-refractivity contribution in [2.75, 3.05) is 13.7 Å². The fourth-order valence-electron chi connectivity index (χ4n) is 2.07. The summed E-state index contributed by atoms with van der Waals surface area (Å²) in [5.41, 5.74) is 0.940. The number of thiazole rings is 1. The molecular formula is C14H13BrN2O3S3. The van der Waals surface area contributed by atoms with E-state index in [0.29, 0.717) is 18.0 Å². The van der Waals surface area contributed by atoms with E-state index in [2.05, 4.69) is 20.3 Å². The number of hydrogen-bond acceptors (Lipinski definition) is 5. The van der Waals surface area contributed by atoms with Crippen LogP contribution in [0.5, 0.6) is 0 Å². The van der Waals surface area contributed by atoms with Gasteiger partial charge in [-0.25, -0.2) is 0 Å². The molecule has 0 saturated carbocycles. The second-order valence-corrected chi connectivity index (χ2v) is 9.34. The number of halogens is 1. The second-order valence-electron chi connectivity index (χ2n) is 4.64. The fraction of sp³-hybridized carbons (Fsp3) is 0.214. The highest BCUT2D eigenvalue weighted by Crippen LogP contribution is 2.23. The minimum absolute atomic E-state index is 0.245. The summed E-state index contributed by atoms with van der Waals surface area (Å²) in [5, 5.41) is 1.73. The Morgan fingerprint density at radius 1 is 1.35 bits per heavy atom. The molecule has 3 aromatic rings. The molecule has 0 aliphatic rings. The number of ether oxygens (including phenoxy) is 1. The van der Waals surface area contributed by atoms with Gasteiger partial charge in [-0.05, 0) is 29.6 Å². The van der Waals surface area contributed by atoms with Crippen molar-refractivity contribution < 1.29 is 13.2 Å². The third kappa shape index (κ3) is 3.58. The van der Waals surface area contributed by atoms with Gasteiger partial charge in [-0.3, -0.25) is 0 Å². The number of thiophene rings is 1. The van der Waals surface area contributed by atoms with Crippen molar-refractivity contribution in [3.63, 3.8) is 0 Å². The maximum absolute atomic E-state index is 12.4. The Morgan fingerprint density at radius 2 is 2.17 bits per heavy atom. The largest absolute Gasteiger partial charge is 0.383 e. The maximum Gasteiger partial charge on any atom is 0.294 e. The third-order valence-corrected chi connectivity index (χ3v) is 7.40. The number of benzene rings is 1. The highest BCUT2D eigenvalue weighted by molar-refractivity contribution is 9.10. The molecule has 122 valence electrons. The van der Waals surface area contributed by atoms with Crippen LogP contribution in [0.25, 0.3) is 10.2 Å². The molecule has 0 saturated heterocycles. The monoisotopic (exact) mass is 432 g/mol. The summed E-state index contributed by atoms with van der Waals surface area (Å²) in [5.74, 6) is 0. The van der Waals surface area contributed by atoms with Crippen molar-refractivity contribution in [2.45, 2.75) is 10.8 Å². The van der Waals surface area contributed by atoms with Crippen LogP contribution < -0.4 is 4.80 Å². The topological polar surface area (TPSA) is 60.7 Å². The summed E-state index contributed by atoms with van der Waals surface area (Å²) >= 11 is 5.95. The first-order chi connectivity index (χ1) is 11.0. The van der Waals surface area contributed by atoms with Gasteiger partial charge in [0.25, 0.3) is 10.0 Å². The van der Waals surface area contributed by atoms with Gasteiger partial charge in [0.15, 0.2) is 0 Å². The van der Waals surface area contributed by atoms with Gasteiger partial charge in [-0.1, -0.05) is 33.3 Å². The van der Waals surface area contributed by atoms with E-state index in [0.717, 1.165) is 26.0 Å². The van der Waals surface area contributed by atoms with Crippen LogP contribution in [0.2, 0.25) is 0 Å². The molecular weight excluding hydrogens is 420 g/mol. The number of sulfonamides is 1. The van der Waals surface area contributed by atoms with E-state index < -0.39 is 10.0 Å². The number of rotatable bonds is 5. The molecule has 0 aliphatic heterocycles. The Balaban J connectivity index is 2.21. The Labute approximate surface area is 150 Å². The zero-order chi connectivity index (χ0) is 16.4. The summed E-state index contributed by atoms with van der Waals surface area (Å²) in [6, 6.07) is 9.10. The average Bonchev–Trinajstić information content (AvgIpc) is 3.12. The Hall–Kier alpha value is -1.00. The van der Waals surface area contributed by atoms with Crippen molar-refractivity contribution in [3.8, 4) is 0 Å². The average molecular weight is 433 g/mol. The Bertz CT molecular complexity index is 988. The lowest BCUT2D eigenvalue weighted by molar-refractivity contribution is 0.187. The highest BCUT2D eigenvalue weighted by atomic mass is 79.9. The van der Waals surface area contributed by atoms with Crippen LogP contribution in [0, 0.1) is 0 Å². The Kier molecular flexibility index (Phi) is 5.02. The normalized spacial score (nSPS) is 13.0. The summed E-state index contributed by atoms with van der Waals surface area (Å²) in [4.78, 5) is 0.448. The first kappa shape index (κ1) is 16.8. The van der Waals surface area contributed by atoms with Gasteiger partial charge < -0.3 is 9.30 Å². The van der Waals surface area contributed by atoms with Crippen LogP contribution in [-0.4, -0.2) is 26.7 Å². The van der Waals surface area contributed by atoms with Crippen molar-refractivity contribution in [1.29, 1.82) is 0 Å². The molecule has 5 nitrogen and oxygen atoms in total. The molecule has 9 heteroatoms. The molecule has 0 amide bonds. The van der Waals surface area contributed by atoms with E-state index in [1.807, 2.05) is 22.8 Å². The molecule has 0 fully saturated rings. The summed E-state index contributed by atoms with van der Waals surface area (Å²) < 4.78 is 38.1.